The maximum absolute atomic E-state index is 11.3. The number of likely N-dealkylation sites (tertiary alicyclic amines) is 1. The quantitative estimate of drug-likeness (QED) is 0.829. The summed E-state index contributed by atoms with van der Waals surface area (Å²) in [7, 11) is 1.33. The van der Waals surface area contributed by atoms with Gasteiger partial charge >= 0.3 is 5.97 Å². The lowest BCUT2D eigenvalue weighted by Crippen LogP contribution is -2.39. The molecular weight excluding hydrogens is 234 g/mol. The molecule has 0 saturated carbocycles. The summed E-state index contributed by atoms with van der Waals surface area (Å²) in [5.41, 5.74) is 0. The molecule has 0 spiro atoms. The van der Waals surface area contributed by atoms with E-state index in [-0.39, 0.29) is 17.9 Å². The number of aliphatic hydroxyl groups excluding tert-OH is 1. The molecule has 1 aliphatic rings. The summed E-state index contributed by atoms with van der Waals surface area (Å²) in [4.78, 5) is 13.5. The van der Waals surface area contributed by atoms with Crippen LogP contribution in [0.15, 0.2) is 16.5 Å². The van der Waals surface area contributed by atoms with E-state index >= 15 is 0 Å². The van der Waals surface area contributed by atoms with Gasteiger partial charge in [0.05, 0.1) is 19.3 Å². The Hall–Kier alpha value is -1.33. The highest BCUT2D eigenvalue weighted by Crippen LogP contribution is 2.25. The van der Waals surface area contributed by atoms with Gasteiger partial charge in [0.25, 0.3) is 0 Å². The minimum atomic E-state index is -0.466. The van der Waals surface area contributed by atoms with Crippen LogP contribution in [0.3, 0.4) is 0 Å². The molecular formula is C13H19NO4. The maximum atomic E-state index is 11.3. The number of methoxy groups -OCH3 is 1. The van der Waals surface area contributed by atoms with Gasteiger partial charge in [0, 0.05) is 6.54 Å². The fraction of sp³-hybridized carbons (Fsp3) is 0.615. The highest BCUT2D eigenvalue weighted by Gasteiger charge is 2.25. The zero-order chi connectivity index (χ0) is 13.1. The first-order chi connectivity index (χ1) is 8.61. The highest BCUT2D eigenvalue weighted by atomic mass is 16.5. The second-order valence-electron chi connectivity index (χ2n) is 4.66. The van der Waals surface area contributed by atoms with E-state index in [1.807, 2.05) is 6.92 Å². The molecule has 1 aliphatic heterocycles. The Morgan fingerprint density at radius 1 is 1.61 bits per heavy atom. The summed E-state index contributed by atoms with van der Waals surface area (Å²) in [6.07, 6.45) is 1.57. The fourth-order valence-corrected chi connectivity index (χ4v) is 2.30. The Morgan fingerprint density at radius 2 is 2.39 bits per heavy atom. The molecule has 1 N–H and O–H groups in total. The summed E-state index contributed by atoms with van der Waals surface area (Å²) in [5.74, 6) is 0.480. The smallest absolute Gasteiger partial charge is 0.373 e. The molecule has 0 amide bonds. The minimum Gasteiger partial charge on any atom is -0.463 e. The fourth-order valence-electron chi connectivity index (χ4n) is 2.30. The van der Waals surface area contributed by atoms with Crippen molar-refractivity contribution in [3.8, 4) is 0 Å². The number of ether oxygens (including phenoxy) is 1. The highest BCUT2D eigenvalue weighted by molar-refractivity contribution is 5.86. The topological polar surface area (TPSA) is 62.9 Å². The van der Waals surface area contributed by atoms with E-state index in [0.717, 1.165) is 25.1 Å². The molecule has 100 valence electrons. The van der Waals surface area contributed by atoms with E-state index in [0.29, 0.717) is 6.54 Å². The molecule has 0 bridgehead atoms. The monoisotopic (exact) mass is 253 g/mol. The molecule has 1 saturated heterocycles. The molecule has 2 heterocycles. The van der Waals surface area contributed by atoms with E-state index in [1.54, 1.807) is 12.1 Å². The Labute approximate surface area is 106 Å². The van der Waals surface area contributed by atoms with Crippen molar-refractivity contribution in [2.75, 3.05) is 20.2 Å². The largest absolute Gasteiger partial charge is 0.463 e. The number of rotatable bonds is 3. The average molecular weight is 253 g/mol. The first-order valence-electron chi connectivity index (χ1n) is 6.22. The van der Waals surface area contributed by atoms with Crippen molar-refractivity contribution in [2.24, 2.45) is 0 Å². The van der Waals surface area contributed by atoms with Crippen molar-refractivity contribution >= 4 is 5.97 Å². The molecule has 5 nitrogen and oxygen atoms in total. The molecule has 2 atom stereocenters. The number of β-amino-alcohol motifs (C(OH)–C–C–N with tert-alkyl or cyclic N) is 1. The molecule has 0 aliphatic carbocycles. The molecule has 1 fully saturated rings. The molecule has 2 rings (SSSR count). The number of furan rings is 1. The number of hydrogen-bond acceptors (Lipinski definition) is 5. The van der Waals surface area contributed by atoms with Gasteiger partial charge in [0.15, 0.2) is 0 Å². The Bertz CT molecular complexity index is 415. The van der Waals surface area contributed by atoms with Gasteiger partial charge < -0.3 is 14.3 Å². The normalized spacial score (nSPS) is 22.7. The Kier molecular flexibility index (Phi) is 4.04. The predicted molar refractivity (Wildman–Crippen MR) is 65.3 cm³/mol. The van der Waals surface area contributed by atoms with E-state index in [4.69, 9.17) is 4.42 Å². The standard InChI is InChI=1S/C13H19NO4/c1-9(14-7-3-4-10(15)8-14)11-5-6-12(18-11)13(16)17-2/h5-6,9-10,15H,3-4,7-8H2,1-2H3. The SMILES string of the molecule is COC(=O)c1ccc(C(C)N2CCCC(O)C2)o1. The first kappa shape index (κ1) is 13.1. The van der Waals surface area contributed by atoms with Crippen molar-refractivity contribution in [2.45, 2.75) is 31.9 Å². The molecule has 1 aromatic rings. The Balaban J connectivity index is 2.06. The van der Waals surface area contributed by atoms with E-state index in [9.17, 15) is 9.90 Å². The number of aliphatic hydroxyl groups is 1. The van der Waals surface area contributed by atoms with Crippen LogP contribution in [-0.4, -0.2) is 42.3 Å². The summed E-state index contributed by atoms with van der Waals surface area (Å²) >= 11 is 0. The van der Waals surface area contributed by atoms with Gasteiger partial charge in [-0.15, -0.1) is 0 Å². The lowest BCUT2D eigenvalue weighted by molar-refractivity contribution is 0.0429. The Morgan fingerprint density at radius 3 is 3.06 bits per heavy atom. The van der Waals surface area contributed by atoms with Gasteiger partial charge in [-0.2, -0.15) is 0 Å². The minimum absolute atomic E-state index is 0.0540. The van der Waals surface area contributed by atoms with E-state index in [1.165, 1.54) is 7.11 Å². The van der Waals surface area contributed by atoms with E-state index in [2.05, 4.69) is 9.64 Å². The van der Waals surface area contributed by atoms with Crippen molar-refractivity contribution < 1.29 is 19.1 Å². The van der Waals surface area contributed by atoms with Gasteiger partial charge in [0.1, 0.15) is 5.76 Å². The van der Waals surface area contributed by atoms with Gasteiger partial charge in [0.2, 0.25) is 5.76 Å². The van der Waals surface area contributed by atoms with Crippen molar-refractivity contribution in [1.29, 1.82) is 0 Å². The summed E-state index contributed by atoms with van der Waals surface area (Å²) in [6.45, 7) is 3.60. The van der Waals surface area contributed by atoms with Crippen LogP contribution in [0.2, 0.25) is 0 Å². The van der Waals surface area contributed by atoms with Gasteiger partial charge in [-0.1, -0.05) is 0 Å². The first-order valence-corrected chi connectivity index (χ1v) is 6.22. The summed E-state index contributed by atoms with van der Waals surface area (Å²) in [5, 5.41) is 9.66. The molecule has 1 aromatic heterocycles. The van der Waals surface area contributed by atoms with Crippen LogP contribution in [0.1, 0.15) is 42.1 Å². The van der Waals surface area contributed by atoms with Crippen LogP contribution in [-0.2, 0) is 4.74 Å². The van der Waals surface area contributed by atoms with Crippen LogP contribution in [0.25, 0.3) is 0 Å². The number of nitrogens with zero attached hydrogens (tertiary/aromatic N) is 1. The molecule has 18 heavy (non-hydrogen) atoms. The third-order valence-electron chi connectivity index (χ3n) is 3.40. The lowest BCUT2D eigenvalue weighted by Gasteiger charge is -2.33. The maximum Gasteiger partial charge on any atom is 0.373 e. The van der Waals surface area contributed by atoms with Gasteiger partial charge in [-0.25, -0.2) is 4.79 Å². The van der Waals surface area contributed by atoms with Crippen LogP contribution < -0.4 is 0 Å². The van der Waals surface area contributed by atoms with Crippen molar-refractivity contribution in [3.63, 3.8) is 0 Å². The second-order valence-corrected chi connectivity index (χ2v) is 4.66. The lowest BCUT2D eigenvalue weighted by atomic mass is 10.1. The molecule has 5 heteroatoms. The van der Waals surface area contributed by atoms with Gasteiger partial charge in [-0.3, -0.25) is 4.90 Å². The van der Waals surface area contributed by atoms with Crippen LogP contribution >= 0.6 is 0 Å². The van der Waals surface area contributed by atoms with Crippen LogP contribution in [0.4, 0.5) is 0 Å². The number of esters is 1. The van der Waals surface area contributed by atoms with Gasteiger partial charge in [-0.05, 0) is 38.4 Å². The van der Waals surface area contributed by atoms with E-state index < -0.39 is 5.97 Å². The van der Waals surface area contributed by atoms with Crippen LogP contribution in [0.5, 0.6) is 0 Å². The average Bonchev–Trinajstić information content (AvgIpc) is 2.86. The molecule has 0 aromatic carbocycles. The predicted octanol–water partition coefficient (Wildman–Crippen LogP) is 1.58. The number of carbonyl (C=O) groups is 1. The zero-order valence-corrected chi connectivity index (χ0v) is 10.8. The number of carbonyl (C=O) groups excluding carboxylic acids is 1. The number of hydrogen-bond donors (Lipinski definition) is 1. The summed E-state index contributed by atoms with van der Waals surface area (Å²) in [6, 6.07) is 3.47. The van der Waals surface area contributed by atoms with Crippen molar-refractivity contribution in [1.82, 2.24) is 4.90 Å². The third-order valence-corrected chi connectivity index (χ3v) is 3.40. The number of piperidine rings is 1. The molecule has 2 unspecified atom stereocenters. The zero-order valence-electron chi connectivity index (χ0n) is 10.8. The second kappa shape index (κ2) is 5.54. The van der Waals surface area contributed by atoms with Crippen molar-refractivity contribution in [3.05, 3.63) is 23.7 Å². The molecule has 0 radical (unpaired) electrons. The third kappa shape index (κ3) is 2.73. The summed E-state index contributed by atoms with van der Waals surface area (Å²) < 4.78 is 10.1. The van der Waals surface area contributed by atoms with Crippen LogP contribution in [0, 0.1) is 0 Å².